The first-order chi connectivity index (χ1) is 13.3. The second-order valence-electron chi connectivity index (χ2n) is 5.65. The second kappa shape index (κ2) is 7.06. The fourth-order valence-corrected chi connectivity index (χ4v) is 2.84. The number of phenolic OH excluding ortho intramolecular Hbond substituents is 2. The van der Waals surface area contributed by atoms with Crippen LogP contribution >= 0.6 is 0 Å². The molecular formula is C18H16N2O8. The van der Waals surface area contributed by atoms with Crippen LogP contribution in [-0.4, -0.2) is 58.9 Å². The van der Waals surface area contributed by atoms with Crippen molar-refractivity contribution in [1.29, 1.82) is 0 Å². The van der Waals surface area contributed by atoms with Crippen LogP contribution in [0.3, 0.4) is 0 Å². The van der Waals surface area contributed by atoms with Crippen molar-refractivity contribution < 1.29 is 38.8 Å². The van der Waals surface area contributed by atoms with Gasteiger partial charge in [-0.1, -0.05) is 0 Å². The molecule has 3 N–H and O–H groups in total. The van der Waals surface area contributed by atoms with Gasteiger partial charge in [-0.3, -0.25) is 0 Å². The Bertz CT molecular complexity index is 1130. The van der Waals surface area contributed by atoms with Crippen LogP contribution in [0.2, 0.25) is 0 Å². The number of methoxy groups -OCH3 is 2. The molecule has 3 aromatic rings. The molecular weight excluding hydrogens is 372 g/mol. The fourth-order valence-electron chi connectivity index (χ4n) is 2.84. The first-order valence-corrected chi connectivity index (χ1v) is 8.09. The molecule has 0 aliphatic heterocycles. The molecule has 0 saturated carbocycles. The van der Waals surface area contributed by atoms with Crippen molar-refractivity contribution >= 4 is 39.7 Å². The van der Waals surface area contributed by atoms with Crippen LogP contribution < -0.4 is 0 Å². The largest absolute Gasteiger partial charge is 0.504 e. The molecule has 0 bridgehead atoms. The number of ether oxygens (including phenoxy) is 3. The molecule has 3 rings (SSSR count). The maximum absolute atomic E-state index is 12.3. The molecule has 28 heavy (non-hydrogen) atoms. The van der Waals surface area contributed by atoms with Crippen molar-refractivity contribution in [3.8, 4) is 11.5 Å². The number of aromatic amines is 1. The van der Waals surface area contributed by atoms with Gasteiger partial charge in [0.15, 0.2) is 11.5 Å². The Labute approximate surface area is 157 Å². The molecule has 2 aromatic heterocycles. The number of esters is 3. The highest BCUT2D eigenvalue weighted by molar-refractivity contribution is 6.20. The average Bonchev–Trinajstić information content (AvgIpc) is 3.15. The number of benzene rings is 1. The minimum Gasteiger partial charge on any atom is -0.504 e. The number of hydrogen-bond acceptors (Lipinski definition) is 9. The number of carbonyl (C=O) groups excluding carboxylic acids is 3. The van der Waals surface area contributed by atoms with Crippen LogP contribution in [0, 0.1) is 0 Å². The number of fused-ring (bicyclic) bond motifs is 3. The van der Waals surface area contributed by atoms with Gasteiger partial charge in [-0.05, 0) is 19.1 Å². The number of nitrogens with zero attached hydrogens (tertiary/aromatic N) is 1. The maximum Gasteiger partial charge on any atom is 0.356 e. The van der Waals surface area contributed by atoms with Gasteiger partial charge in [-0.25, -0.2) is 19.4 Å². The standard InChI is InChI=1S/C18H16N2O8/c1-4-28-18(25)10-6-8-12(19-10)11-7(16(23)26-2)5-9(17(24)27-3)20-13(11)15(22)14(8)21/h5-6,20-22H,4H2,1-3H3. The zero-order valence-electron chi connectivity index (χ0n) is 15.2. The van der Waals surface area contributed by atoms with Crippen molar-refractivity contribution in [2.24, 2.45) is 0 Å². The zero-order valence-corrected chi connectivity index (χ0v) is 15.2. The summed E-state index contributed by atoms with van der Waals surface area (Å²) in [7, 11) is 2.28. The topological polar surface area (TPSA) is 148 Å². The van der Waals surface area contributed by atoms with Crippen LogP contribution in [0.25, 0.3) is 21.8 Å². The van der Waals surface area contributed by atoms with Crippen LogP contribution in [0.5, 0.6) is 11.5 Å². The number of H-pyrrole nitrogens is 1. The lowest BCUT2D eigenvalue weighted by Gasteiger charge is -2.12. The van der Waals surface area contributed by atoms with Gasteiger partial charge in [0.2, 0.25) is 0 Å². The van der Waals surface area contributed by atoms with Crippen LogP contribution in [0.1, 0.15) is 38.3 Å². The number of pyridine rings is 1. The molecule has 0 aliphatic carbocycles. The van der Waals surface area contributed by atoms with Crippen molar-refractivity contribution in [1.82, 2.24) is 9.97 Å². The molecule has 0 aliphatic rings. The number of nitrogens with one attached hydrogen (secondary N) is 1. The lowest BCUT2D eigenvalue weighted by atomic mass is 10.0. The third-order valence-electron chi connectivity index (χ3n) is 4.08. The SMILES string of the molecule is CCOC(=O)c1cc2c(O)c(O)c3[nH]c(C(=O)OC)cc(C(=O)OC)c3c2n1. The number of aromatic hydroxyl groups is 2. The molecule has 0 spiro atoms. The van der Waals surface area contributed by atoms with E-state index < -0.39 is 29.4 Å². The summed E-state index contributed by atoms with van der Waals surface area (Å²) in [5, 5.41) is 20.9. The van der Waals surface area contributed by atoms with Gasteiger partial charge >= 0.3 is 17.9 Å². The van der Waals surface area contributed by atoms with E-state index in [1.54, 1.807) is 6.92 Å². The maximum atomic E-state index is 12.3. The van der Waals surface area contributed by atoms with E-state index in [-0.39, 0.29) is 45.4 Å². The van der Waals surface area contributed by atoms with Crippen molar-refractivity contribution in [2.75, 3.05) is 20.8 Å². The quantitative estimate of drug-likeness (QED) is 0.346. The summed E-state index contributed by atoms with van der Waals surface area (Å²) in [6.07, 6.45) is 0. The number of hydrogen-bond donors (Lipinski definition) is 3. The van der Waals surface area contributed by atoms with Crippen molar-refractivity contribution in [3.63, 3.8) is 0 Å². The number of phenols is 2. The van der Waals surface area contributed by atoms with Crippen LogP contribution in [-0.2, 0) is 14.2 Å². The Kier molecular flexibility index (Phi) is 4.78. The molecule has 10 nitrogen and oxygen atoms in total. The number of rotatable bonds is 4. The van der Waals surface area contributed by atoms with E-state index in [4.69, 9.17) is 9.47 Å². The van der Waals surface area contributed by atoms with Gasteiger partial charge in [-0.2, -0.15) is 0 Å². The van der Waals surface area contributed by atoms with Gasteiger partial charge in [-0.15, -0.1) is 0 Å². The Hall–Kier alpha value is -3.82. The van der Waals surface area contributed by atoms with E-state index in [1.807, 2.05) is 0 Å². The van der Waals surface area contributed by atoms with E-state index in [1.165, 1.54) is 12.1 Å². The predicted octanol–water partition coefficient (Wildman–Crippen LogP) is 1.88. The Morgan fingerprint density at radius 3 is 2.32 bits per heavy atom. The molecule has 10 heteroatoms. The monoisotopic (exact) mass is 388 g/mol. The van der Waals surface area contributed by atoms with E-state index in [2.05, 4.69) is 14.7 Å². The first-order valence-electron chi connectivity index (χ1n) is 8.09. The Balaban J connectivity index is 2.47. The minimum atomic E-state index is -0.823. The highest BCUT2D eigenvalue weighted by atomic mass is 16.5. The summed E-state index contributed by atoms with van der Waals surface area (Å²) in [4.78, 5) is 43.0. The third kappa shape index (κ3) is 2.84. The Morgan fingerprint density at radius 1 is 1.04 bits per heavy atom. The second-order valence-corrected chi connectivity index (χ2v) is 5.65. The smallest absolute Gasteiger partial charge is 0.356 e. The summed E-state index contributed by atoms with van der Waals surface area (Å²) in [5.74, 6) is -3.59. The summed E-state index contributed by atoms with van der Waals surface area (Å²) in [6.45, 7) is 1.74. The summed E-state index contributed by atoms with van der Waals surface area (Å²) in [6, 6.07) is 2.41. The first kappa shape index (κ1) is 19.0. The predicted molar refractivity (Wildman–Crippen MR) is 95.6 cm³/mol. The number of carbonyl (C=O) groups is 3. The van der Waals surface area contributed by atoms with Crippen LogP contribution in [0.15, 0.2) is 12.1 Å². The summed E-state index contributed by atoms with van der Waals surface area (Å²) in [5.41, 5.74) is -0.512. The molecule has 0 unspecified atom stereocenters. The van der Waals surface area contributed by atoms with E-state index in [9.17, 15) is 24.6 Å². The van der Waals surface area contributed by atoms with E-state index in [0.717, 1.165) is 14.2 Å². The number of aromatic nitrogens is 2. The molecule has 0 radical (unpaired) electrons. The van der Waals surface area contributed by atoms with Gasteiger partial charge in [0.05, 0.1) is 37.4 Å². The zero-order chi connectivity index (χ0) is 20.6. The molecule has 2 heterocycles. The summed E-state index contributed by atoms with van der Waals surface area (Å²) < 4.78 is 14.3. The fraction of sp³-hybridized carbons (Fsp3) is 0.222. The molecule has 0 amide bonds. The highest BCUT2D eigenvalue weighted by Crippen LogP contribution is 2.43. The molecule has 0 atom stereocenters. The lowest BCUT2D eigenvalue weighted by Crippen LogP contribution is -2.10. The third-order valence-corrected chi connectivity index (χ3v) is 4.08. The van der Waals surface area contributed by atoms with Gasteiger partial charge in [0.25, 0.3) is 0 Å². The van der Waals surface area contributed by atoms with Gasteiger partial charge < -0.3 is 29.4 Å². The molecule has 0 saturated heterocycles. The van der Waals surface area contributed by atoms with E-state index in [0.29, 0.717) is 0 Å². The normalized spacial score (nSPS) is 10.8. The van der Waals surface area contributed by atoms with E-state index >= 15 is 0 Å². The Morgan fingerprint density at radius 2 is 1.71 bits per heavy atom. The highest BCUT2D eigenvalue weighted by Gasteiger charge is 2.26. The molecule has 0 fully saturated rings. The van der Waals surface area contributed by atoms with Crippen molar-refractivity contribution in [2.45, 2.75) is 6.92 Å². The minimum absolute atomic E-state index is 0.0254. The van der Waals surface area contributed by atoms with Crippen LogP contribution in [0.4, 0.5) is 0 Å². The van der Waals surface area contributed by atoms with Crippen molar-refractivity contribution in [3.05, 3.63) is 29.1 Å². The molecule has 146 valence electrons. The summed E-state index contributed by atoms with van der Waals surface area (Å²) >= 11 is 0. The van der Waals surface area contributed by atoms with Gasteiger partial charge in [0.1, 0.15) is 11.4 Å². The average molecular weight is 388 g/mol. The molecule has 1 aromatic carbocycles. The lowest BCUT2D eigenvalue weighted by molar-refractivity contribution is 0.0518. The van der Waals surface area contributed by atoms with Gasteiger partial charge in [0, 0.05) is 10.8 Å².